The van der Waals surface area contributed by atoms with E-state index in [1.807, 2.05) is 0 Å². The molecule has 0 aromatic carbocycles. The van der Waals surface area contributed by atoms with E-state index in [4.69, 9.17) is 14.2 Å². The van der Waals surface area contributed by atoms with Crippen molar-refractivity contribution in [3.63, 3.8) is 0 Å². The third kappa shape index (κ3) is 3.80. The Labute approximate surface area is 102 Å². The molecule has 0 saturated carbocycles. The summed E-state index contributed by atoms with van der Waals surface area (Å²) in [6, 6.07) is 0. The van der Waals surface area contributed by atoms with Gasteiger partial charge >= 0.3 is 0 Å². The fourth-order valence-electron chi connectivity index (χ4n) is 1.88. The molecule has 0 aliphatic carbocycles. The summed E-state index contributed by atoms with van der Waals surface area (Å²) in [4.78, 5) is 0. The van der Waals surface area contributed by atoms with Crippen molar-refractivity contribution in [2.24, 2.45) is 0 Å². The maximum absolute atomic E-state index is 5.50. The normalized spacial score (nSPS) is 19.8. The number of ether oxygens (including phenoxy) is 3. The van der Waals surface area contributed by atoms with Crippen molar-refractivity contribution in [3.8, 4) is 0 Å². The van der Waals surface area contributed by atoms with Gasteiger partial charge in [-0.1, -0.05) is 0 Å². The van der Waals surface area contributed by atoms with Gasteiger partial charge in [0, 0.05) is 6.92 Å². The van der Waals surface area contributed by atoms with Gasteiger partial charge in [-0.15, -0.1) is 0 Å². The van der Waals surface area contributed by atoms with Crippen LogP contribution in [0.25, 0.3) is 0 Å². The number of aromatic nitrogens is 2. The fraction of sp³-hybridized carbons (Fsp3) is 0.750. The Balaban J connectivity index is 1.94. The van der Waals surface area contributed by atoms with E-state index in [9.17, 15) is 0 Å². The highest BCUT2D eigenvalue weighted by atomic mass is 16.5. The number of nitrogens with zero attached hydrogens (tertiary/aromatic N) is 2. The summed E-state index contributed by atoms with van der Waals surface area (Å²) in [5.41, 5.74) is 0. The summed E-state index contributed by atoms with van der Waals surface area (Å²) in [6.07, 6.45) is 4.18. The van der Waals surface area contributed by atoms with Gasteiger partial charge in [-0.05, 0) is 0 Å². The highest BCUT2D eigenvalue weighted by Gasteiger charge is 2.11. The average molecular weight is 241 g/mol. The molecule has 1 aliphatic heterocycles. The number of hydrogen-bond acceptors (Lipinski definition) is 3. The largest absolute Gasteiger partial charge is 0.377 e. The van der Waals surface area contributed by atoms with Gasteiger partial charge in [0.2, 0.25) is 0 Å². The first-order valence-electron chi connectivity index (χ1n) is 6.16. The van der Waals surface area contributed by atoms with E-state index < -0.39 is 0 Å². The van der Waals surface area contributed by atoms with Crippen LogP contribution in [-0.2, 0) is 27.3 Å². The molecule has 0 fully saturated rings. The minimum Gasteiger partial charge on any atom is -0.377 e. The molecule has 1 aliphatic rings. The van der Waals surface area contributed by atoms with Crippen molar-refractivity contribution in [1.29, 1.82) is 0 Å². The molecule has 0 spiro atoms. The van der Waals surface area contributed by atoms with Crippen molar-refractivity contribution in [3.05, 3.63) is 18.2 Å². The Morgan fingerprint density at radius 1 is 1.00 bits per heavy atom. The summed E-state index contributed by atoms with van der Waals surface area (Å²) < 4.78 is 20.8. The van der Waals surface area contributed by atoms with Crippen molar-refractivity contribution in [1.82, 2.24) is 4.57 Å². The Morgan fingerprint density at radius 2 is 1.65 bits per heavy atom. The lowest BCUT2D eigenvalue weighted by molar-refractivity contribution is -0.703. The van der Waals surface area contributed by atoms with Gasteiger partial charge in [-0.25, -0.2) is 9.13 Å². The van der Waals surface area contributed by atoms with E-state index in [-0.39, 0.29) is 0 Å². The molecule has 1 aromatic rings. The van der Waals surface area contributed by atoms with Crippen LogP contribution in [0, 0.1) is 6.92 Å². The first-order chi connectivity index (χ1) is 8.38. The molecule has 0 unspecified atom stereocenters. The lowest BCUT2D eigenvalue weighted by atomic mass is 10.5. The van der Waals surface area contributed by atoms with Gasteiger partial charge < -0.3 is 14.2 Å². The second-order valence-electron chi connectivity index (χ2n) is 4.07. The third-order valence-corrected chi connectivity index (χ3v) is 2.95. The number of fused-ring (bicyclic) bond motifs is 2. The smallest absolute Gasteiger partial charge is 0.253 e. The van der Waals surface area contributed by atoms with Gasteiger partial charge in [-0.3, -0.25) is 0 Å². The van der Waals surface area contributed by atoms with Crippen LogP contribution in [0.3, 0.4) is 0 Å². The van der Waals surface area contributed by atoms with Crippen molar-refractivity contribution in [2.75, 3.05) is 39.6 Å². The Kier molecular flexibility index (Phi) is 4.97. The maximum Gasteiger partial charge on any atom is 0.253 e. The van der Waals surface area contributed by atoms with E-state index >= 15 is 0 Å². The second-order valence-corrected chi connectivity index (χ2v) is 4.07. The van der Waals surface area contributed by atoms with Crippen LogP contribution < -0.4 is 4.57 Å². The van der Waals surface area contributed by atoms with Crippen LogP contribution in [-0.4, -0.2) is 44.2 Å². The Hall–Kier alpha value is -0.910. The summed E-state index contributed by atoms with van der Waals surface area (Å²) in [5.74, 6) is 1.24. The molecular weight excluding hydrogens is 220 g/mol. The van der Waals surface area contributed by atoms with Gasteiger partial charge in [0.25, 0.3) is 5.82 Å². The molecule has 0 amide bonds. The first-order valence-corrected chi connectivity index (χ1v) is 6.16. The second kappa shape index (κ2) is 6.74. The zero-order chi connectivity index (χ0) is 11.9. The molecule has 96 valence electrons. The van der Waals surface area contributed by atoms with Crippen molar-refractivity contribution >= 4 is 0 Å². The van der Waals surface area contributed by atoms with Crippen LogP contribution >= 0.6 is 0 Å². The van der Waals surface area contributed by atoms with E-state index in [0.717, 1.165) is 26.3 Å². The molecule has 2 bridgehead atoms. The number of imidazole rings is 1. The summed E-state index contributed by atoms with van der Waals surface area (Å²) in [7, 11) is 0. The molecule has 0 atom stereocenters. The zero-order valence-corrected chi connectivity index (χ0v) is 10.4. The lowest BCUT2D eigenvalue weighted by Gasteiger charge is -2.08. The topological polar surface area (TPSA) is 36.5 Å². The highest BCUT2D eigenvalue weighted by molar-refractivity contribution is 4.79. The molecule has 17 heavy (non-hydrogen) atoms. The number of rotatable bonds is 0. The zero-order valence-electron chi connectivity index (χ0n) is 10.4. The van der Waals surface area contributed by atoms with Crippen molar-refractivity contribution in [2.45, 2.75) is 20.0 Å². The minimum atomic E-state index is 0.647. The van der Waals surface area contributed by atoms with E-state index in [0.29, 0.717) is 26.4 Å². The predicted molar refractivity (Wildman–Crippen MR) is 61.8 cm³/mol. The molecular formula is C12H21N2O3+. The van der Waals surface area contributed by atoms with E-state index in [1.54, 1.807) is 0 Å². The molecule has 5 heteroatoms. The maximum atomic E-state index is 5.50. The lowest BCUT2D eigenvalue weighted by Crippen LogP contribution is -2.38. The predicted octanol–water partition coefficient (Wildman–Crippen LogP) is 0.147. The van der Waals surface area contributed by atoms with Crippen molar-refractivity contribution < 1.29 is 18.8 Å². The molecule has 1 aromatic heterocycles. The molecule has 5 nitrogen and oxygen atoms in total. The molecule has 0 saturated heterocycles. The SMILES string of the molecule is Cc1n2cc[n+]1CCOCCOCCOCC2. The molecule has 2 rings (SSSR count). The average Bonchev–Trinajstić information content (AvgIpc) is 2.67. The number of hydrogen-bond donors (Lipinski definition) is 0. The van der Waals surface area contributed by atoms with Gasteiger partial charge in [-0.2, -0.15) is 0 Å². The Bertz CT molecular complexity index is 309. The van der Waals surface area contributed by atoms with Crippen LogP contribution in [0.5, 0.6) is 0 Å². The summed E-state index contributed by atoms with van der Waals surface area (Å²) >= 11 is 0. The monoisotopic (exact) mass is 241 g/mol. The van der Waals surface area contributed by atoms with Crippen LogP contribution in [0.1, 0.15) is 5.82 Å². The van der Waals surface area contributed by atoms with Crippen LogP contribution in [0.15, 0.2) is 12.4 Å². The minimum absolute atomic E-state index is 0.647. The molecule has 0 N–H and O–H groups in total. The van der Waals surface area contributed by atoms with Crippen LogP contribution in [0.4, 0.5) is 0 Å². The van der Waals surface area contributed by atoms with Gasteiger partial charge in [0.05, 0.1) is 39.6 Å². The van der Waals surface area contributed by atoms with E-state index in [1.165, 1.54) is 5.82 Å². The fourth-order valence-corrected chi connectivity index (χ4v) is 1.88. The van der Waals surface area contributed by atoms with E-state index in [2.05, 4.69) is 28.5 Å². The Morgan fingerprint density at radius 3 is 2.41 bits per heavy atom. The first kappa shape index (κ1) is 12.5. The summed E-state index contributed by atoms with van der Waals surface area (Å²) in [5, 5.41) is 0. The molecule has 0 radical (unpaired) electrons. The van der Waals surface area contributed by atoms with Gasteiger partial charge in [0.15, 0.2) is 0 Å². The summed E-state index contributed by atoms with van der Waals surface area (Å²) in [6.45, 7) is 7.96. The standard InChI is InChI=1S/C12H21N2O3/c1-12-13-2-3-14(12)5-7-16-9-11-17-10-8-15-6-4-13/h2-3H,4-11H2,1H3/q+1. The van der Waals surface area contributed by atoms with Crippen LogP contribution in [0.2, 0.25) is 0 Å². The quantitative estimate of drug-likeness (QED) is 0.607. The third-order valence-electron chi connectivity index (χ3n) is 2.95. The van der Waals surface area contributed by atoms with Gasteiger partial charge in [0.1, 0.15) is 25.5 Å². The molecule has 2 heterocycles. The highest BCUT2D eigenvalue weighted by Crippen LogP contribution is 1.95.